The fourth-order valence-corrected chi connectivity index (χ4v) is 8.79. The summed E-state index contributed by atoms with van der Waals surface area (Å²) in [4.78, 5) is 38.3. The fraction of sp³-hybridized carbons (Fsp3) is 0.658. The van der Waals surface area contributed by atoms with Crippen LogP contribution in [0.1, 0.15) is 290 Å². The van der Waals surface area contributed by atoms with Crippen LogP contribution in [-0.4, -0.2) is 37.2 Å². The van der Waals surface area contributed by atoms with Crippen LogP contribution < -0.4 is 0 Å². The van der Waals surface area contributed by atoms with Crippen LogP contribution in [0.3, 0.4) is 0 Å². The Morgan fingerprint density at radius 2 is 0.494 bits per heavy atom. The highest BCUT2D eigenvalue weighted by Crippen LogP contribution is 2.16. The molecule has 0 heterocycles. The molecule has 0 radical (unpaired) electrons. The molecule has 0 bridgehead atoms. The van der Waals surface area contributed by atoms with Crippen molar-refractivity contribution in [1.29, 1.82) is 0 Å². The van der Waals surface area contributed by atoms with Crippen molar-refractivity contribution in [2.24, 2.45) is 0 Å². The quantitative estimate of drug-likeness (QED) is 0.0261. The molecule has 1 unspecified atom stereocenters. The van der Waals surface area contributed by atoms with Crippen LogP contribution in [-0.2, 0) is 28.6 Å². The normalized spacial score (nSPS) is 13.0. The van der Waals surface area contributed by atoms with E-state index in [9.17, 15) is 14.4 Å². The number of ether oxygens (including phenoxy) is 3. The van der Waals surface area contributed by atoms with Crippen LogP contribution in [0.4, 0.5) is 0 Å². The lowest BCUT2D eigenvalue weighted by Crippen LogP contribution is -2.30. The van der Waals surface area contributed by atoms with E-state index in [4.69, 9.17) is 14.2 Å². The molecule has 0 aliphatic rings. The van der Waals surface area contributed by atoms with E-state index < -0.39 is 6.10 Å². The predicted octanol–water partition coefficient (Wildman–Crippen LogP) is 22.5. The number of carbonyl (C=O) groups excluding carboxylic acids is 3. The number of hydrogen-bond acceptors (Lipinski definition) is 6. The molecule has 0 amide bonds. The lowest BCUT2D eigenvalue weighted by molar-refractivity contribution is -0.167. The monoisotopic (exact) mass is 1090 g/mol. The standard InChI is InChI=1S/C73H120O6/c1-4-7-10-13-16-19-22-25-27-29-30-31-32-33-34-35-36-37-38-39-40-41-42-44-45-48-51-54-57-60-63-66-72(75)78-69-70(68-77-71(74)65-62-59-56-53-50-47-24-21-18-15-12-9-6-3)79-73(76)67-64-61-58-55-52-49-46-43-28-26-23-20-17-14-11-8-5-2/h7-8,10-12,15-17,19-21,24-28,30-31,33-34,36-37,70H,4-6,9,13-14,18,22-23,29,32,35,38-69H2,1-3H3/b10-7-,11-8-,15-12-,19-16-,20-17-,24-21-,27-25-,28-26-,31-30-,34-33-,37-36-. The molecule has 0 N–H and O–H groups in total. The van der Waals surface area contributed by atoms with E-state index in [-0.39, 0.29) is 31.1 Å². The van der Waals surface area contributed by atoms with Crippen molar-refractivity contribution in [3.05, 3.63) is 134 Å². The molecule has 0 aromatic rings. The average Bonchev–Trinajstić information content (AvgIpc) is 3.45. The van der Waals surface area contributed by atoms with Gasteiger partial charge in [-0.15, -0.1) is 0 Å². The van der Waals surface area contributed by atoms with E-state index >= 15 is 0 Å². The van der Waals surface area contributed by atoms with Gasteiger partial charge in [0.25, 0.3) is 0 Å². The smallest absolute Gasteiger partial charge is 0.306 e. The van der Waals surface area contributed by atoms with Crippen LogP contribution >= 0.6 is 0 Å². The Morgan fingerprint density at radius 3 is 0.772 bits per heavy atom. The largest absolute Gasteiger partial charge is 0.462 e. The minimum atomic E-state index is -0.794. The first-order valence-corrected chi connectivity index (χ1v) is 32.7. The van der Waals surface area contributed by atoms with Crippen LogP contribution in [0.25, 0.3) is 0 Å². The molecule has 0 aliphatic heterocycles. The second kappa shape index (κ2) is 66.1. The van der Waals surface area contributed by atoms with E-state index in [0.717, 1.165) is 154 Å². The molecule has 6 heteroatoms. The molecule has 0 saturated heterocycles. The number of allylic oxidation sites excluding steroid dienone is 22. The minimum absolute atomic E-state index is 0.0899. The molecule has 79 heavy (non-hydrogen) atoms. The van der Waals surface area contributed by atoms with Crippen LogP contribution in [0.15, 0.2) is 134 Å². The Balaban J connectivity index is 4.27. The van der Waals surface area contributed by atoms with Gasteiger partial charge in [0.05, 0.1) is 0 Å². The lowest BCUT2D eigenvalue weighted by Gasteiger charge is -2.18. The van der Waals surface area contributed by atoms with E-state index in [0.29, 0.717) is 19.3 Å². The number of unbranched alkanes of at least 4 members (excludes halogenated alkanes) is 25. The summed E-state index contributed by atoms with van der Waals surface area (Å²) >= 11 is 0. The van der Waals surface area contributed by atoms with Crippen molar-refractivity contribution in [2.75, 3.05) is 13.2 Å². The summed E-state index contributed by atoms with van der Waals surface area (Å²) in [7, 11) is 0. The summed E-state index contributed by atoms with van der Waals surface area (Å²) in [5.74, 6) is -0.913. The van der Waals surface area contributed by atoms with Crippen molar-refractivity contribution in [3.63, 3.8) is 0 Å². The molecule has 0 fully saturated rings. The maximum Gasteiger partial charge on any atom is 0.306 e. The topological polar surface area (TPSA) is 78.9 Å². The molecule has 6 nitrogen and oxygen atoms in total. The number of rotatable bonds is 58. The fourth-order valence-electron chi connectivity index (χ4n) is 8.79. The van der Waals surface area contributed by atoms with E-state index in [1.165, 1.54) is 96.3 Å². The SMILES string of the molecule is CC/C=C\C/C=C\C/C=C\C/C=C\C/C=C\C/C=C\CCCCCCCCCCCCCCC(=O)OCC(COC(=O)CCCCCCC/C=C\C/C=C\CCC)OC(=O)CCCCCCCCC/C=C\C/C=C\C/C=C\CC. The summed E-state index contributed by atoms with van der Waals surface area (Å²) in [6.45, 7) is 6.34. The third-order valence-corrected chi connectivity index (χ3v) is 13.6. The van der Waals surface area contributed by atoms with Crippen LogP contribution in [0.2, 0.25) is 0 Å². The number of esters is 3. The van der Waals surface area contributed by atoms with Gasteiger partial charge >= 0.3 is 17.9 Å². The molecular formula is C73H120O6. The van der Waals surface area contributed by atoms with Crippen molar-refractivity contribution < 1.29 is 28.6 Å². The van der Waals surface area contributed by atoms with Gasteiger partial charge in [0, 0.05) is 19.3 Å². The van der Waals surface area contributed by atoms with Gasteiger partial charge in [0.2, 0.25) is 0 Å². The van der Waals surface area contributed by atoms with Crippen LogP contribution in [0.5, 0.6) is 0 Å². The van der Waals surface area contributed by atoms with E-state index in [2.05, 4.69) is 154 Å². The third kappa shape index (κ3) is 64.3. The van der Waals surface area contributed by atoms with Crippen molar-refractivity contribution in [1.82, 2.24) is 0 Å². The molecule has 1 atom stereocenters. The summed E-state index contributed by atoms with van der Waals surface area (Å²) in [6, 6.07) is 0. The highest BCUT2D eigenvalue weighted by molar-refractivity contribution is 5.71. The van der Waals surface area contributed by atoms with Gasteiger partial charge in [-0.3, -0.25) is 14.4 Å². The Kier molecular flexibility index (Phi) is 62.3. The zero-order valence-electron chi connectivity index (χ0n) is 51.3. The van der Waals surface area contributed by atoms with Crippen molar-refractivity contribution in [3.8, 4) is 0 Å². The van der Waals surface area contributed by atoms with Crippen molar-refractivity contribution in [2.45, 2.75) is 297 Å². The molecule has 0 rings (SSSR count). The third-order valence-electron chi connectivity index (χ3n) is 13.6. The first kappa shape index (κ1) is 74.5. The minimum Gasteiger partial charge on any atom is -0.462 e. The Bertz CT molecular complexity index is 1680. The van der Waals surface area contributed by atoms with E-state index in [1.807, 2.05) is 0 Å². The molecule has 0 aromatic heterocycles. The highest BCUT2D eigenvalue weighted by Gasteiger charge is 2.19. The predicted molar refractivity (Wildman–Crippen MR) is 343 cm³/mol. The molecular weight excluding hydrogens is 973 g/mol. The van der Waals surface area contributed by atoms with E-state index in [1.54, 1.807) is 0 Å². The summed E-state index contributed by atoms with van der Waals surface area (Å²) in [5.41, 5.74) is 0. The van der Waals surface area contributed by atoms with Gasteiger partial charge in [-0.2, -0.15) is 0 Å². The van der Waals surface area contributed by atoms with Crippen molar-refractivity contribution >= 4 is 17.9 Å². The van der Waals surface area contributed by atoms with Crippen LogP contribution in [0, 0.1) is 0 Å². The van der Waals surface area contributed by atoms with Gasteiger partial charge in [-0.25, -0.2) is 0 Å². The van der Waals surface area contributed by atoms with Gasteiger partial charge < -0.3 is 14.2 Å². The second-order valence-corrected chi connectivity index (χ2v) is 21.3. The molecule has 0 aromatic carbocycles. The number of carbonyl (C=O) groups is 3. The van der Waals surface area contributed by atoms with Gasteiger partial charge in [-0.05, 0) is 128 Å². The van der Waals surface area contributed by atoms with Gasteiger partial charge in [0.15, 0.2) is 6.10 Å². The Morgan fingerprint density at radius 1 is 0.266 bits per heavy atom. The molecule has 448 valence electrons. The average molecular weight is 1090 g/mol. The van der Waals surface area contributed by atoms with Gasteiger partial charge in [0.1, 0.15) is 13.2 Å². The zero-order chi connectivity index (χ0) is 57.1. The molecule has 0 aliphatic carbocycles. The zero-order valence-corrected chi connectivity index (χ0v) is 51.3. The maximum atomic E-state index is 12.9. The first-order chi connectivity index (χ1) is 39.0. The summed E-state index contributed by atoms with van der Waals surface area (Å²) in [6.07, 6.45) is 93.2. The first-order valence-electron chi connectivity index (χ1n) is 32.7. The summed E-state index contributed by atoms with van der Waals surface area (Å²) in [5, 5.41) is 0. The maximum absolute atomic E-state index is 12.9. The summed E-state index contributed by atoms with van der Waals surface area (Å²) < 4.78 is 16.9. The van der Waals surface area contributed by atoms with Gasteiger partial charge in [-0.1, -0.05) is 276 Å². The highest BCUT2D eigenvalue weighted by atomic mass is 16.6. The Hall–Kier alpha value is -4.45. The molecule has 0 saturated carbocycles. The lowest BCUT2D eigenvalue weighted by atomic mass is 10.0. The Labute approximate surface area is 487 Å². The number of hydrogen-bond donors (Lipinski definition) is 0. The second-order valence-electron chi connectivity index (χ2n) is 21.3. The molecule has 0 spiro atoms.